The van der Waals surface area contributed by atoms with Gasteiger partial charge in [-0.15, -0.1) is 0 Å². The van der Waals surface area contributed by atoms with Gasteiger partial charge in [0.1, 0.15) is 0 Å². The number of para-hydroxylation sites is 1. The van der Waals surface area contributed by atoms with Gasteiger partial charge in [-0.2, -0.15) is 0 Å². The number of carbonyl (C=O) groups excluding carboxylic acids is 1. The van der Waals surface area contributed by atoms with Crippen LogP contribution in [-0.2, 0) is 6.54 Å². The van der Waals surface area contributed by atoms with Crippen molar-refractivity contribution in [3.8, 4) is 0 Å². The summed E-state index contributed by atoms with van der Waals surface area (Å²) in [5, 5.41) is 6.27. The lowest BCUT2D eigenvalue weighted by Gasteiger charge is -2.27. The Kier molecular flexibility index (Phi) is 2.19. The molecule has 0 spiro atoms. The highest BCUT2D eigenvalue weighted by atomic mass is 16.2. The number of urea groups is 1. The van der Waals surface area contributed by atoms with E-state index in [2.05, 4.69) is 15.3 Å². The van der Waals surface area contributed by atoms with Gasteiger partial charge in [0.25, 0.3) is 0 Å². The molecule has 6 heteroatoms. The normalized spacial score (nSPS) is 13.9. The topological polar surface area (TPSA) is 81.1 Å². The Morgan fingerprint density at radius 2 is 2.40 bits per heavy atom. The molecule has 76 valence electrons. The molecule has 0 aromatic heterocycles. The first-order chi connectivity index (χ1) is 7.24. The summed E-state index contributed by atoms with van der Waals surface area (Å²) in [6, 6.07) is 5.19. The van der Waals surface area contributed by atoms with Gasteiger partial charge in [0.2, 0.25) is 0 Å². The average molecular weight is 203 g/mol. The Morgan fingerprint density at radius 3 is 3.13 bits per heavy atom. The maximum absolute atomic E-state index is 11.4. The largest absolute Gasteiger partial charge is 0.334 e. The lowest BCUT2D eigenvalue weighted by molar-refractivity contribution is 0.246. The van der Waals surface area contributed by atoms with Crippen LogP contribution in [0.3, 0.4) is 0 Å². The molecule has 2 amide bonds. The van der Waals surface area contributed by atoms with Gasteiger partial charge in [-0.3, -0.25) is 4.90 Å². The van der Waals surface area contributed by atoms with E-state index in [0.29, 0.717) is 17.9 Å². The number of azide groups is 1. The van der Waals surface area contributed by atoms with Crippen molar-refractivity contribution < 1.29 is 4.79 Å². The van der Waals surface area contributed by atoms with Crippen molar-refractivity contribution in [2.45, 2.75) is 6.54 Å². The summed E-state index contributed by atoms with van der Waals surface area (Å²) in [7, 11) is 1.64. The van der Waals surface area contributed by atoms with Crippen molar-refractivity contribution in [3.05, 3.63) is 34.2 Å². The molecule has 0 saturated carbocycles. The number of nitrogens with one attached hydrogen (secondary N) is 1. The van der Waals surface area contributed by atoms with Crippen LogP contribution in [0, 0.1) is 0 Å². The molecule has 1 aliphatic rings. The molecule has 0 unspecified atom stereocenters. The Labute approximate surface area is 86.1 Å². The van der Waals surface area contributed by atoms with E-state index in [1.165, 1.54) is 4.90 Å². The summed E-state index contributed by atoms with van der Waals surface area (Å²) in [4.78, 5) is 15.6. The Morgan fingerprint density at radius 1 is 1.60 bits per heavy atom. The number of carbonyl (C=O) groups is 1. The van der Waals surface area contributed by atoms with Crippen LogP contribution in [0.2, 0.25) is 0 Å². The fraction of sp³-hybridized carbons (Fsp3) is 0.222. The fourth-order valence-corrected chi connectivity index (χ4v) is 1.63. The van der Waals surface area contributed by atoms with Crippen molar-refractivity contribution in [2.24, 2.45) is 5.11 Å². The summed E-state index contributed by atoms with van der Waals surface area (Å²) < 4.78 is 0. The first kappa shape index (κ1) is 9.36. The molecular weight excluding hydrogens is 194 g/mol. The van der Waals surface area contributed by atoms with Gasteiger partial charge in [-0.05, 0) is 11.1 Å². The summed E-state index contributed by atoms with van der Waals surface area (Å²) >= 11 is 0. The summed E-state index contributed by atoms with van der Waals surface area (Å²) in [5.74, 6) is 0. The average Bonchev–Trinajstić information content (AvgIpc) is 2.24. The van der Waals surface area contributed by atoms with Crippen molar-refractivity contribution in [3.63, 3.8) is 0 Å². The smallest absolute Gasteiger partial charge is 0.321 e. The van der Waals surface area contributed by atoms with Gasteiger partial charge < -0.3 is 5.32 Å². The maximum Gasteiger partial charge on any atom is 0.321 e. The molecule has 0 radical (unpaired) electrons. The SMILES string of the molecule is CN1C(=O)NCc2cccc(N=[N+]=[N-])c21. The lowest BCUT2D eigenvalue weighted by atomic mass is 10.1. The van der Waals surface area contributed by atoms with Crippen molar-refractivity contribution in [1.29, 1.82) is 0 Å². The van der Waals surface area contributed by atoms with Crippen LogP contribution in [0.1, 0.15) is 5.56 Å². The van der Waals surface area contributed by atoms with Crippen LogP contribution in [-0.4, -0.2) is 13.1 Å². The van der Waals surface area contributed by atoms with E-state index in [9.17, 15) is 4.79 Å². The zero-order chi connectivity index (χ0) is 10.8. The minimum absolute atomic E-state index is 0.192. The van der Waals surface area contributed by atoms with E-state index in [1.54, 1.807) is 19.2 Å². The second-order valence-electron chi connectivity index (χ2n) is 3.19. The van der Waals surface area contributed by atoms with Crippen LogP contribution < -0.4 is 10.2 Å². The molecule has 1 aromatic carbocycles. The predicted octanol–water partition coefficient (Wildman–Crippen LogP) is 2.29. The molecule has 0 saturated heterocycles. The Hall–Kier alpha value is -2.20. The van der Waals surface area contributed by atoms with E-state index >= 15 is 0 Å². The number of hydrogen-bond acceptors (Lipinski definition) is 2. The van der Waals surface area contributed by atoms with Gasteiger partial charge in [-0.25, -0.2) is 4.79 Å². The Bertz CT molecular complexity index is 464. The summed E-state index contributed by atoms with van der Waals surface area (Å²) in [5.41, 5.74) is 10.5. The van der Waals surface area contributed by atoms with Crippen LogP contribution in [0.15, 0.2) is 23.3 Å². The standard InChI is InChI=1S/C9H9N5O/c1-14-8-6(5-11-9(14)15)3-2-4-7(8)12-13-10/h2-4H,5H2,1H3,(H,11,15). The molecule has 6 nitrogen and oxygen atoms in total. The molecular formula is C9H9N5O. The van der Waals surface area contributed by atoms with E-state index in [-0.39, 0.29) is 6.03 Å². The number of rotatable bonds is 1. The number of anilines is 1. The third-order valence-electron chi connectivity index (χ3n) is 2.32. The monoisotopic (exact) mass is 203 g/mol. The molecule has 0 fully saturated rings. The summed E-state index contributed by atoms with van der Waals surface area (Å²) in [6.45, 7) is 0.466. The fourth-order valence-electron chi connectivity index (χ4n) is 1.63. The number of fused-ring (bicyclic) bond motifs is 1. The minimum atomic E-state index is -0.192. The molecule has 15 heavy (non-hydrogen) atoms. The third-order valence-corrected chi connectivity index (χ3v) is 2.32. The van der Waals surface area contributed by atoms with Gasteiger partial charge in [0, 0.05) is 18.5 Å². The lowest BCUT2D eigenvalue weighted by Crippen LogP contribution is -2.41. The van der Waals surface area contributed by atoms with E-state index in [1.807, 2.05) is 6.07 Å². The number of hydrogen-bond donors (Lipinski definition) is 1. The van der Waals surface area contributed by atoms with Gasteiger partial charge in [0.05, 0.1) is 11.4 Å². The van der Waals surface area contributed by atoms with Crippen molar-refractivity contribution >= 4 is 17.4 Å². The highest BCUT2D eigenvalue weighted by Crippen LogP contribution is 2.33. The van der Waals surface area contributed by atoms with Crippen LogP contribution in [0.5, 0.6) is 0 Å². The predicted molar refractivity (Wildman–Crippen MR) is 55.9 cm³/mol. The number of nitrogens with zero attached hydrogens (tertiary/aromatic N) is 4. The second kappa shape index (κ2) is 3.51. The number of benzene rings is 1. The molecule has 0 bridgehead atoms. The van der Waals surface area contributed by atoms with E-state index < -0.39 is 0 Å². The molecule has 1 aromatic rings. The molecule has 1 heterocycles. The zero-order valence-corrected chi connectivity index (χ0v) is 8.14. The van der Waals surface area contributed by atoms with Gasteiger partial charge in [0.15, 0.2) is 0 Å². The van der Waals surface area contributed by atoms with E-state index in [0.717, 1.165) is 5.56 Å². The van der Waals surface area contributed by atoms with Gasteiger partial charge >= 0.3 is 6.03 Å². The second-order valence-corrected chi connectivity index (χ2v) is 3.19. The van der Waals surface area contributed by atoms with Crippen LogP contribution >= 0.6 is 0 Å². The van der Waals surface area contributed by atoms with Crippen molar-refractivity contribution in [2.75, 3.05) is 11.9 Å². The highest BCUT2D eigenvalue weighted by Gasteiger charge is 2.22. The van der Waals surface area contributed by atoms with Crippen LogP contribution in [0.4, 0.5) is 16.2 Å². The first-order valence-electron chi connectivity index (χ1n) is 4.42. The maximum atomic E-state index is 11.4. The van der Waals surface area contributed by atoms with Crippen molar-refractivity contribution in [1.82, 2.24) is 5.32 Å². The minimum Gasteiger partial charge on any atom is -0.334 e. The quantitative estimate of drug-likeness (QED) is 0.424. The first-order valence-corrected chi connectivity index (χ1v) is 4.42. The van der Waals surface area contributed by atoms with E-state index in [4.69, 9.17) is 5.53 Å². The molecule has 2 rings (SSSR count). The molecule has 0 atom stereocenters. The molecule has 1 aliphatic heterocycles. The Balaban J connectivity index is 2.61. The number of amides is 2. The molecule has 1 N–H and O–H groups in total. The van der Waals surface area contributed by atoms with Crippen LogP contribution in [0.25, 0.3) is 10.4 Å². The molecule has 0 aliphatic carbocycles. The highest BCUT2D eigenvalue weighted by molar-refractivity contribution is 5.97. The third kappa shape index (κ3) is 1.47. The summed E-state index contributed by atoms with van der Waals surface area (Å²) in [6.07, 6.45) is 0. The zero-order valence-electron chi connectivity index (χ0n) is 8.14. The van der Waals surface area contributed by atoms with Gasteiger partial charge in [-0.1, -0.05) is 23.3 Å².